The smallest absolute Gasteiger partial charge is 0.356 e. The molecule has 0 amide bonds. The molecule has 0 aromatic carbocycles. The van der Waals surface area contributed by atoms with Crippen LogP contribution in [-0.2, 0) is 6.18 Å². The van der Waals surface area contributed by atoms with E-state index in [4.69, 9.17) is 0 Å². The van der Waals surface area contributed by atoms with E-state index in [1.807, 2.05) is 0 Å². The van der Waals surface area contributed by atoms with Gasteiger partial charge in [-0.15, -0.1) is 0 Å². The van der Waals surface area contributed by atoms with E-state index in [1.165, 1.54) is 12.8 Å². The Bertz CT molecular complexity index is 509. The number of nitrogens with zero attached hydrogens (tertiary/aromatic N) is 2. The lowest BCUT2D eigenvalue weighted by atomic mass is 10.3. The molecule has 2 rings (SSSR count). The molecule has 5 nitrogen and oxygen atoms in total. The molecule has 118 valence electrons. The number of anilines is 1. The molecule has 1 saturated heterocycles. The maximum Gasteiger partial charge on any atom is 0.433 e. The molecule has 0 aliphatic carbocycles. The minimum Gasteiger partial charge on any atom is -0.356 e. The van der Waals surface area contributed by atoms with Crippen LogP contribution >= 0.6 is 0 Å². The Kier molecular flexibility index (Phi) is 5.22. The van der Waals surface area contributed by atoms with Crippen molar-refractivity contribution in [2.75, 3.05) is 31.5 Å². The Balaban J connectivity index is 1.77. The number of likely N-dealkylation sites (tertiary alicyclic amines) is 1. The van der Waals surface area contributed by atoms with Gasteiger partial charge in [-0.25, -0.2) is 4.98 Å². The lowest BCUT2D eigenvalue weighted by Gasteiger charge is -2.14. The fourth-order valence-electron chi connectivity index (χ4n) is 2.36. The summed E-state index contributed by atoms with van der Waals surface area (Å²) >= 11 is 0. The topological polar surface area (TPSA) is 61.0 Å². The molecule has 1 fully saturated rings. The van der Waals surface area contributed by atoms with Gasteiger partial charge in [-0.3, -0.25) is 9.78 Å². The number of hydrogen-bond donors (Lipinski definition) is 2. The van der Waals surface area contributed by atoms with Crippen LogP contribution in [0.15, 0.2) is 10.9 Å². The van der Waals surface area contributed by atoms with Gasteiger partial charge in [0.1, 0.15) is 0 Å². The summed E-state index contributed by atoms with van der Waals surface area (Å²) in [6.45, 7) is 3.76. The number of halogens is 3. The van der Waals surface area contributed by atoms with Crippen molar-refractivity contribution in [3.05, 3.63) is 22.1 Å². The summed E-state index contributed by atoms with van der Waals surface area (Å²) in [4.78, 5) is 19.2. The van der Waals surface area contributed by atoms with E-state index in [2.05, 4.69) is 20.2 Å². The number of aromatic amines is 1. The van der Waals surface area contributed by atoms with Gasteiger partial charge in [-0.2, -0.15) is 13.2 Å². The summed E-state index contributed by atoms with van der Waals surface area (Å²) in [5.74, 6) is -0.129. The molecule has 1 aliphatic rings. The van der Waals surface area contributed by atoms with Gasteiger partial charge in [0.2, 0.25) is 5.95 Å². The third kappa shape index (κ3) is 5.04. The van der Waals surface area contributed by atoms with Crippen LogP contribution < -0.4 is 10.9 Å². The summed E-state index contributed by atoms with van der Waals surface area (Å²) in [6.07, 6.45) is -0.339. The number of alkyl halides is 3. The van der Waals surface area contributed by atoms with E-state index in [-0.39, 0.29) is 5.95 Å². The number of rotatable bonds is 6. The van der Waals surface area contributed by atoms with Gasteiger partial charge in [-0.05, 0) is 45.3 Å². The number of hydrogen-bond acceptors (Lipinski definition) is 4. The van der Waals surface area contributed by atoms with Crippen molar-refractivity contribution in [3.8, 4) is 0 Å². The average molecular weight is 304 g/mol. The largest absolute Gasteiger partial charge is 0.433 e. The van der Waals surface area contributed by atoms with Crippen LogP contribution in [0, 0.1) is 0 Å². The second-order valence-corrected chi connectivity index (χ2v) is 5.16. The van der Waals surface area contributed by atoms with Crippen molar-refractivity contribution in [2.24, 2.45) is 0 Å². The van der Waals surface area contributed by atoms with E-state index in [0.29, 0.717) is 12.6 Å². The van der Waals surface area contributed by atoms with E-state index >= 15 is 0 Å². The maximum atomic E-state index is 12.5. The van der Waals surface area contributed by atoms with Crippen LogP contribution in [0.1, 0.15) is 31.4 Å². The fourth-order valence-corrected chi connectivity index (χ4v) is 2.36. The second-order valence-electron chi connectivity index (χ2n) is 5.16. The van der Waals surface area contributed by atoms with Crippen LogP contribution in [0.2, 0.25) is 0 Å². The lowest BCUT2D eigenvalue weighted by Crippen LogP contribution is -2.21. The normalized spacial score (nSPS) is 16.3. The molecule has 2 heterocycles. The highest BCUT2D eigenvalue weighted by molar-refractivity contribution is 5.25. The molecule has 0 bridgehead atoms. The summed E-state index contributed by atoms with van der Waals surface area (Å²) < 4.78 is 37.5. The number of H-pyrrole nitrogens is 1. The van der Waals surface area contributed by atoms with Gasteiger partial charge in [0, 0.05) is 12.6 Å². The Labute approximate surface area is 120 Å². The van der Waals surface area contributed by atoms with Crippen molar-refractivity contribution in [1.82, 2.24) is 14.9 Å². The third-order valence-corrected chi connectivity index (χ3v) is 3.42. The molecule has 0 unspecified atom stereocenters. The zero-order valence-electron chi connectivity index (χ0n) is 11.7. The van der Waals surface area contributed by atoms with Gasteiger partial charge < -0.3 is 10.2 Å². The Morgan fingerprint density at radius 3 is 2.67 bits per heavy atom. The van der Waals surface area contributed by atoms with Gasteiger partial charge in [0.15, 0.2) is 5.69 Å². The first kappa shape index (κ1) is 15.8. The van der Waals surface area contributed by atoms with Crippen LogP contribution in [-0.4, -0.2) is 41.0 Å². The van der Waals surface area contributed by atoms with E-state index in [1.54, 1.807) is 0 Å². The highest BCUT2D eigenvalue weighted by atomic mass is 19.4. The highest BCUT2D eigenvalue weighted by Crippen LogP contribution is 2.26. The van der Waals surface area contributed by atoms with Gasteiger partial charge >= 0.3 is 6.18 Å². The minimum atomic E-state index is -4.61. The van der Waals surface area contributed by atoms with Crippen molar-refractivity contribution < 1.29 is 13.2 Å². The first-order valence-electron chi connectivity index (χ1n) is 7.10. The quantitative estimate of drug-likeness (QED) is 0.790. The molecule has 1 aromatic heterocycles. The molecular weight excluding hydrogens is 285 g/mol. The zero-order chi connectivity index (χ0) is 15.3. The molecule has 0 spiro atoms. The average Bonchev–Trinajstić information content (AvgIpc) is 2.90. The van der Waals surface area contributed by atoms with Gasteiger partial charge in [0.25, 0.3) is 5.56 Å². The summed E-state index contributed by atoms with van der Waals surface area (Å²) in [6, 6.07) is 0.457. The molecule has 1 aliphatic heterocycles. The van der Waals surface area contributed by atoms with Crippen LogP contribution in [0.25, 0.3) is 0 Å². The zero-order valence-corrected chi connectivity index (χ0v) is 11.7. The number of aromatic nitrogens is 2. The van der Waals surface area contributed by atoms with Gasteiger partial charge in [0.05, 0.1) is 0 Å². The maximum absolute atomic E-state index is 12.5. The van der Waals surface area contributed by atoms with Crippen molar-refractivity contribution in [1.29, 1.82) is 0 Å². The number of nitrogens with one attached hydrogen (secondary N) is 2. The molecule has 1 aromatic rings. The van der Waals surface area contributed by atoms with Gasteiger partial charge in [-0.1, -0.05) is 0 Å². The van der Waals surface area contributed by atoms with E-state index < -0.39 is 17.4 Å². The predicted octanol–water partition coefficient (Wildman–Crippen LogP) is 2.08. The lowest BCUT2D eigenvalue weighted by molar-refractivity contribution is -0.141. The Hall–Kier alpha value is -1.57. The third-order valence-electron chi connectivity index (χ3n) is 3.42. The first-order valence-corrected chi connectivity index (χ1v) is 7.10. The minimum absolute atomic E-state index is 0.129. The molecule has 2 N–H and O–H groups in total. The Morgan fingerprint density at radius 2 is 2.00 bits per heavy atom. The van der Waals surface area contributed by atoms with Crippen molar-refractivity contribution >= 4 is 5.95 Å². The molecule has 0 radical (unpaired) electrons. The van der Waals surface area contributed by atoms with E-state index in [9.17, 15) is 18.0 Å². The molecule has 0 saturated carbocycles. The molecule has 21 heavy (non-hydrogen) atoms. The van der Waals surface area contributed by atoms with Crippen LogP contribution in [0.4, 0.5) is 19.1 Å². The van der Waals surface area contributed by atoms with Crippen molar-refractivity contribution in [2.45, 2.75) is 31.9 Å². The summed E-state index contributed by atoms with van der Waals surface area (Å²) in [7, 11) is 0. The highest BCUT2D eigenvalue weighted by Gasteiger charge is 2.33. The summed E-state index contributed by atoms with van der Waals surface area (Å²) in [5, 5.41) is 2.74. The second kappa shape index (κ2) is 6.93. The molecular formula is C13H19F3N4O. The van der Waals surface area contributed by atoms with Crippen LogP contribution in [0.3, 0.4) is 0 Å². The predicted molar refractivity (Wildman–Crippen MR) is 73.3 cm³/mol. The number of unbranched alkanes of at least 4 members (excludes halogenated alkanes) is 1. The van der Waals surface area contributed by atoms with E-state index in [0.717, 1.165) is 32.5 Å². The molecule has 8 heteroatoms. The first-order chi connectivity index (χ1) is 9.95. The Morgan fingerprint density at radius 1 is 1.29 bits per heavy atom. The SMILES string of the molecule is O=c1cc(C(F)(F)F)nc(NCCCCN2CCCC2)[nH]1. The van der Waals surface area contributed by atoms with Crippen molar-refractivity contribution in [3.63, 3.8) is 0 Å². The molecule has 0 atom stereocenters. The van der Waals surface area contributed by atoms with Crippen LogP contribution in [0.5, 0.6) is 0 Å². The summed E-state index contributed by atoms with van der Waals surface area (Å²) in [5.41, 5.74) is -1.98. The fraction of sp³-hybridized carbons (Fsp3) is 0.692. The monoisotopic (exact) mass is 304 g/mol. The standard InChI is InChI=1S/C13H19F3N4O/c14-13(15,16)10-9-11(21)19-12(18-10)17-5-1-2-6-20-7-3-4-8-20/h9H,1-8H2,(H2,17,18,19,21).